The van der Waals surface area contributed by atoms with Crippen LogP contribution in [0.15, 0.2) is 12.1 Å². The molecule has 0 bridgehead atoms. The van der Waals surface area contributed by atoms with Gasteiger partial charge in [0.2, 0.25) is 0 Å². The molecular weight excluding hydrogens is 249 g/mol. The molecule has 0 aliphatic heterocycles. The van der Waals surface area contributed by atoms with Crippen molar-refractivity contribution >= 4 is 23.2 Å². The molecule has 0 N–H and O–H groups in total. The first-order chi connectivity index (χ1) is 7.04. The average molecular weight is 257 g/mol. The summed E-state index contributed by atoms with van der Waals surface area (Å²) in [5, 5.41) is 0.290. The Morgan fingerprint density at radius 1 is 1.33 bits per heavy atom. The van der Waals surface area contributed by atoms with Gasteiger partial charge < -0.3 is 9.47 Å². The van der Waals surface area contributed by atoms with E-state index in [1.165, 1.54) is 12.1 Å². The molecule has 0 atom stereocenters. The molecule has 0 amide bonds. The van der Waals surface area contributed by atoms with Crippen LogP contribution in [-0.4, -0.2) is 13.2 Å². The van der Waals surface area contributed by atoms with Gasteiger partial charge in [-0.2, -0.15) is 8.78 Å². The topological polar surface area (TPSA) is 18.5 Å². The third-order valence-corrected chi connectivity index (χ3v) is 2.28. The van der Waals surface area contributed by atoms with E-state index in [-0.39, 0.29) is 21.5 Å². The van der Waals surface area contributed by atoms with Gasteiger partial charge in [0.15, 0.2) is 0 Å². The van der Waals surface area contributed by atoms with Crippen molar-refractivity contribution in [3.05, 3.63) is 22.2 Å². The maximum Gasteiger partial charge on any atom is 0.387 e. The highest BCUT2D eigenvalue weighted by Gasteiger charge is 2.12. The zero-order valence-corrected chi connectivity index (χ0v) is 9.28. The smallest absolute Gasteiger partial charge is 0.387 e. The minimum atomic E-state index is -2.91. The first-order valence-electron chi connectivity index (χ1n) is 4.11. The summed E-state index contributed by atoms with van der Waals surface area (Å²) in [7, 11) is 0. The van der Waals surface area contributed by atoms with Crippen LogP contribution in [0.5, 0.6) is 11.5 Å². The summed E-state index contributed by atoms with van der Waals surface area (Å²) in [6.07, 6.45) is 0. The van der Waals surface area contributed by atoms with Gasteiger partial charge in [-0.3, -0.25) is 0 Å². The number of ether oxygens (including phenoxy) is 2. The number of benzene rings is 1. The normalized spacial score (nSPS) is 10.5. The van der Waals surface area contributed by atoms with Crippen LogP contribution in [0.2, 0.25) is 10.0 Å². The summed E-state index contributed by atoms with van der Waals surface area (Å²) in [5.74, 6) is 0.144. The second-order valence-corrected chi connectivity index (χ2v) is 3.31. The van der Waals surface area contributed by atoms with Crippen molar-refractivity contribution in [3.63, 3.8) is 0 Å². The third kappa shape index (κ3) is 3.39. The van der Waals surface area contributed by atoms with Crippen LogP contribution in [-0.2, 0) is 0 Å². The molecule has 2 nitrogen and oxygen atoms in total. The highest BCUT2D eigenvalue weighted by atomic mass is 35.5. The number of alkyl halides is 2. The summed E-state index contributed by atoms with van der Waals surface area (Å²) in [5.41, 5.74) is 0. The maximum absolute atomic E-state index is 11.9. The highest BCUT2D eigenvalue weighted by Crippen LogP contribution is 2.36. The monoisotopic (exact) mass is 256 g/mol. The lowest BCUT2D eigenvalue weighted by atomic mass is 10.3. The van der Waals surface area contributed by atoms with Gasteiger partial charge in [0, 0.05) is 12.1 Å². The van der Waals surface area contributed by atoms with Gasteiger partial charge in [0.05, 0.1) is 11.6 Å². The minimum Gasteiger partial charge on any atom is -0.492 e. The van der Waals surface area contributed by atoms with Crippen LogP contribution in [0.25, 0.3) is 0 Å². The quantitative estimate of drug-likeness (QED) is 0.811. The summed E-state index contributed by atoms with van der Waals surface area (Å²) in [4.78, 5) is 0. The fourth-order valence-electron chi connectivity index (χ4n) is 0.972. The van der Waals surface area contributed by atoms with Crippen molar-refractivity contribution in [2.45, 2.75) is 13.5 Å². The van der Waals surface area contributed by atoms with E-state index in [0.717, 1.165) is 0 Å². The number of rotatable bonds is 4. The minimum absolute atomic E-state index is 0.0807. The van der Waals surface area contributed by atoms with Gasteiger partial charge >= 0.3 is 6.61 Å². The van der Waals surface area contributed by atoms with Crippen molar-refractivity contribution < 1.29 is 18.3 Å². The van der Waals surface area contributed by atoms with Crippen molar-refractivity contribution in [2.75, 3.05) is 6.61 Å². The van der Waals surface area contributed by atoms with Crippen LogP contribution in [0.3, 0.4) is 0 Å². The largest absolute Gasteiger partial charge is 0.492 e. The maximum atomic E-state index is 11.9. The first-order valence-corrected chi connectivity index (χ1v) is 4.86. The van der Waals surface area contributed by atoms with Gasteiger partial charge in [0.1, 0.15) is 16.5 Å². The Hall–Kier alpha value is -0.740. The molecule has 0 fully saturated rings. The van der Waals surface area contributed by atoms with Gasteiger partial charge in [-0.05, 0) is 6.92 Å². The van der Waals surface area contributed by atoms with Gasteiger partial charge in [-0.15, -0.1) is 0 Å². The van der Waals surface area contributed by atoms with Crippen molar-refractivity contribution in [1.82, 2.24) is 0 Å². The molecule has 84 valence electrons. The van der Waals surface area contributed by atoms with Crippen LogP contribution in [0.4, 0.5) is 8.78 Å². The molecule has 0 aliphatic carbocycles. The molecule has 0 spiro atoms. The summed E-state index contributed by atoms with van der Waals surface area (Å²) >= 11 is 11.5. The van der Waals surface area contributed by atoms with E-state index in [9.17, 15) is 8.78 Å². The molecule has 0 saturated carbocycles. The first kappa shape index (κ1) is 12.3. The number of halogens is 4. The van der Waals surface area contributed by atoms with Crippen LogP contribution < -0.4 is 9.47 Å². The Morgan fingerprint density at radius 3 is 2.53 bits per heavy atom. The molecule has 0 unspecified atom stereocenters. The summed E-state index contributed by atoms with van der Waals surface area (Å²) in [6, 6.07) is 2.47. The molecule has 1 aromatic carbocycles. The molecule has 15 heavy (non-hydrogen) atoms. The molecular formula is C9H8Cl2F2O2. The van der Waals surface area contributed by atoms with Crippen molar-refractivity contribution in [2.24, 2.45) is 0 Å². The predicted octanol–water partition coefficient (Wildman–Crippen LogP) is 3.99. The highest BCUT2D eigenvalue weighted by molar-refractivity contribution is 6.43. The van der Waals surface area contributed by atoms with E-state index in [4.69, 9.17) is 27.9 Å². The van der Waals surface area contributed by atoms with E-state index in [1.54, 1.807) is 6.92 Å². The molecule has 6 heteroatoms. The van der Waals surface area contributed by atoms with Crippen LogP contribution >= 0.6 is 23.2 Å². The van der Waals surface area contributed by atoms with E-state index in [1.807, 2.05) is 0 Å². The Balaban J connectivity index is 3.00. The zero-order valence-electron chi connectivity index (χ0n) is 7.77. The average Bonchev–Trinajstić information content (AvgIpc) is 2.12. The fraction of sp³-hybridized carbons (Fsp3) is 0.333. The molecule has 0 heterocycles. The van der Waals surface area contributed by atoms with Gasteiger partial charge in [-0.25, -0.2) is 0 Å². The Bertz CT molecular complexity index is 345. The Labute approximate surface area is 95.7 Å². The van der Waals surface area contributed by atoms with Gasteiger partial charge in [0.25, 0.3) is 0 Å². The van der Waals surface area contributed by atoms with Crippen LogP contribution in [0, 0.1) is 0 Å². The lowest BCUT2D eigenvalue weighted by Gasteiger charge is -2.10. The second kappa shape index (κ2) is 5.37. The number of hydrogen-bond acceptors (Lipinski definition) is 2. The van der Waals surface area contributed by atoms with Crippen molar-refractivity contribution in [3.8, 4) is 11.5 Å². The van der Waals surface area contributed by atoms with Crippen molar-refractivity contribution in [1.29, 1.82) is 0 Å². The standard InChI is InChI=1S/C9H8Cl2F2O2/c1-2-14-7-4-5(15-9(12)13)3-6(10)8(7)11/h3-4,9H,2H2,1H3. The predicted molar refractivity (Wildman–Crippen MR) is 54.3 cm³/mol. The zero-order chi connectivity index (χ0) is 11.4. The van der Waals surface area contributed by atoms with E-state index >= 15 is 0 Å². The lowest BCUT2D eigenvalue weighted by molar-refractivity contribution is -0.0499. The fourth-order valence-corrected chi connectivity index (χ4v) is 1.34. The lowest BCUT2D eigenvalue weighted by Crippen LogP contribution is -2.02. The summed E-state index contributed by atoms with van der Waals surface area (Å²) < 4.78 is 33.1. The summed E-state index contributed by atoms with van der Waals surface area (Å²) in [6.45, 7) is -0.810. The van der Waals surface area contributed by atoms with E-state index in [2.05, 4.69) is 4.74 Å². The van der Waals surface area contributed by atoms with E-state index in [0.29, 0.717) is 6.61 Å². The molecule has 0 aromatic heterocycles. The molecule has 0 aliphatic rings. The molecule has 0 saturated heterocycles. The Morgan fingerprint density at radius 2 is 2.00 bits per heavy atom. The van der Waals surface area contributed by atoms with E-state index < -0.39 is 6.61 Å². The Kier molecular flexibility index (Phi) is 4.42. The molecule has 0 radical (unpaired) electrons. The molecule has 1 aromatic rings. The number of hydrogen-bond donors (Lipinski definition) is 0. The van der Waals surface area contributed by atoms with Gasteiger partial charge in [-0.1, -0.05) is 23.2 Å². The second-order valence-electron chi connectivity index (χ2n) is 2.53. The third-order valence-electron chi connectivity index (χ3n) is 1.49. The SMILES string of the molecule is CCOc1cc(OC(F)F)cc(Cl)c1Cl. The van der Waals surface area contributed by atoms with Crippen LogP contribution in [0.1, 0.15) is 6.92 Å². The molecule has 1 rings (SSSR count).